The molecule has 0 aliphatic carbocycles. The number of nitrogens with zero attached hydrogens (tertiary/aromatic N) is 4. The van der Waals surface area contributed by atoms with Crippen LogP contribution in [-0.4, -0.2) is 52.0 Å². The first-order valence-corrected chi connectivity index (χ1v) is 9.93. The van der Waals surface area contributed by atoms with Gasteiger partial charge in [0, 0.05) is 25.2 Å². The monoisotopic (exact) mass is 387 g/mol. The standard InChI is InChI=1S/C19H25N5O2S/c1-12-8-14(16(26-3)9-13(12)2)15-10-21-17-24(15)22-18(27-17)23-6-4-19(25,11-20)5-7-23/h8-10,25H,4-7,11,20H2,1-3H3. The Bertz CT molecular complexity index is 972. The van der Waals surface area contributed by atoms with Crippen molar-refractivity contribution >= 4 is 21.4 Å². The number of methoxy groups -OCH3 is 1. The predicted octanol–water partition coefficient (Wildman–Crippen LogP) is 2.37. The number of hydrogen-bond donors (Lipinski definition) is 2. The number of ether oxygens (including phenoxy) is 1. The normalized spacial score (nSPS) is 16.9. The first-order valence-electron chi connectivity index (χ1n) is 9.12. The molecule has 0 amide bonds. The van der Waals surface area contributed by atoms with Gasteiger partial charge in [-0.05, 0) is 49.9 Å². The summed E-state index contributed by atoms with van der Waals surface area (Å²) in [4.78, 5) is 7.60. The van der Waals surface area contributed by atoms with E-state index in [0.717, 1.165) is 40.2 Å². The number of aryl methyl sites for hydroxylation is 2. The van der Waals surface area contributed by atoms with Crippen LogP contribution in [0.4, 0.5) is 5.13 Å². The van der Waals surface area contributed by atoms with E-state index in [2.05, 4.69) is 35.9 Å². The number of aromatic nitrogens is 3. The second kappa shape index (κ2) is 6.78. The maximum atomic E-state index is 10.3. The molecular weight excluding hydrogens is 362 g/mol. The van der Waals surface area contributed by atoms with Gasteiger partial charge in [-0.2, -0.15) is 0 Å². The first-order chi connectivity index (χ1) is 12.9. The summed E-state index contributed by atoms with van der Waals surface area (Å²) in [7, 11) is 1.69. The van der Waals surface area contributed by atoms with E-state index >= 15 is 0 Å². The minimum atomic E-state index is -0.744. The lowest BCUT2D eigenvalue weighted by Crippen LogP contribution is -2.48. The molecule has 3 N–H and O–H groups in total. The van der Waals surface area contributed by atoms with E-state index in [0.29, 0.717) is 19.4 Å². The van der Waals surface area contributed by atoms with Crippen molar-refractivity contribution < 1.29 is 9.84 Å². The van der Waals surface area contributed by atoms with Crippen molar-refractivity contribution in [1.29, 1.82) is 0 Å². The van der Waals surface area contributed by atoms with Crippen LogP contribution in [0.1, 0.15) is 24.0 Å². The topological polar surface area (TPSA) is 88.9 Å². The molecule has 1 fully saturated rings. The summed E-state index contributed by atoms with van der Waals surface area (Å²) in [5.74, 6) is 0.820. The van der Waals surface area contributed by atoms with Crippen LogP contribution >= 0.6 is 11.3 Å². The molecule has 3 aromatic rings. The number of hydrogen-bond acceptors (Lipinski definition) is 7. The number of rotatable bonds is 4. The molecule has 27 heavy (non-hydrogen) atoms. The van der Waals surface area contributed by atoms with Crippen LogP contribution in [0, 0.1) is 13.8 Å². The molecule has 0 unspecified atom stereocenters. The zero-order chi connectivity index (χ0) is 19.2. The number of imidazole rings is 1. The second-order valence-corrected chi connectivity index (χ2v) is 8.21. The number of fused-ring (bicyclic) bond motifs is 1. The fourth-order valence-electron chi connectivity index (χ4n) is 3.47. The Kier molecular flexibility index (Phi) is 4.57. The van der Waals surface area contributed by atoms with Crippen molar-refractivity contribution in [3.8, 4) is 17.0 Å². The van der Waals surface area contributed by atoms with Crippen LogP contribution in [0.5, 0.6) is 5.75 Å². The van der Waals surface area contributed by atoms with Crippen molar-refractivity contribution in [3.05, 3.63) is 29.5 Å². The summed E-state index contributed by atoms with van der Waals surface area (Å²) in [5.41, 5.74) is 9.25. The van der Waals surface area contributed by atoms with Gasteiger partial charge >= 0.3 is 0 Å². The summed E-state index contributed by atoms with van der Waals surface area (Å²) >= 11 is 1.56. The Morgan fingerprint density at radius 2 is 1.96 bits per heavy atom. The summed E-state index contributed by atoms with van der Waals surface area (Å²) in [5, 5.41) is 16.1. The van der Waals surface area contributed by atoms with Crippen LogP contribution in [0.25, 0.3) is 16.2 Å². The third-order valence-electron chi connectivity index (χ3n) is 5.51. The molecule has 7 nitrogen and oxygen atoms in total. The Balaban J connectivity index is 1.69. The van der Waals surface area contributed by atoms with Gasteiger partial charge in [-0.3, -0.25) is 0 Å². The average Bonchev–Trinajstić information content (AvgIpc) is 3.25. The fourth-order valence-corrected chi connectivity index (χ4v) is 4.40. The average molecular weight is 388 g/mol. The van der Waals surface area contributed by atoms with Gasteiger partial charge in [0.2, 0.25) is 10.1 Å². The van der Waals surface area contributed by atoms with Crippen LogP contribution in [0.15, 0.2) is 18.3 Å². The molecule has 1 aliphatic heterocycles. The summed E-state index contributed by atoms with van der Waals surface area (Å²) in [6.07, 6.45) is 3.16. The molecule has 2 aromatic heterocycles. The Hall–Kier alpha value is -2.16. The highest BCUT2D eigenvalue weighted by Crippen LogP contribution is 2.35. The first kappa shape index (κ1) is 18.2. The molecule has 0 saturated carbocycles. The summed E-state index contributed by atoms with van der Waals surface area (Å²) in [6, 6.07) is 4.18. The molecule has 0 spiro atoms. The largest absolute Gasteiger partial charge is 0.496 e. The summed E-state index contributed by atoms with van der Waals surface area (Å²) in [6.45, 7) is 5.96. The maximum Gasteiger partial charge on any atom is 0.214 e. The Morgan fingerprint density at radius 1 is 1.26 bits per heavy atom. The van der Waals surface area contributed by atoms with Gasteiger partial charge in [0.05, 0.1) is 24.6 Å². The van der Waals surface area contributed by atoms with E-state index in [-0.39, 0.29) is 0 Å². The van der Waals surface area contributed by atoms with E-state index in [1.807, 2.05) is 10.7 Å². The quantitative estimate of drug-likeness (QED) is 0.714. The van der Waals surface area contributed by atoms with Gasteiger partial charge in [-0.15, -0.1) is 5.10 Å². The molecular formula is C19H25N5O2S. The molecule has 8 heteroatoms. The number of aliphatic hydroxyl groups is 1. The molecule has 1 saturated heterocycles. The maximum absolute atomic E-state index is 10.3. The number of benzene rings is 1. The fraction of sp³-hybridized carbons (Fsp3) is 0.474. The number of nitrogens with two attached hydrogens (primary N) is 1. The molecule has 0 bridgehead atoms. The number of anilines is 1. The van der Waals surface area contributed by atoms with Gasteiger partial charge < -0.3 is 20.5 Å². The Labute approximate surface area is 162 Å². The molecule has 4 rings (SSSR count). The highest BCUT2D eigenvalue weighted by molar-refractivity contribution is 7.20. The van der Waals surface area contributed by atoms with Crippen molar-refractivity contribution in [2.24, 2.45) is 5.73 Å². The Morgan fingerprint density at radius 3 is 2.63 bits per heavy atom. The highest BCUT2D eigenvalue weighted by atomic mass is 32.1. The molecule has 0 atom stereocenters. The van der Waals surface area contributed by atoms with Crippen molar-refractivity contribution in [1.82, 2.24) is 14.6 Å². The molecule has 0 radical (unpaired) electrons. The molecule has 3 heterocycles. The summed E-state index contributed by atoms with van der Waals surface area (Å²) < 4.78 is 7.48. The lowest BCUT2D eigenvalue weighted by atomic mass is 9.92. The minimum Gasteiger partial charge on any atom is -0.496 e. The number of piperidine rings is 1. The lowest BCUT2D eigenvalue weighted by molar-refractivity contribution is 0.0249. The van der Waals surface area contributed by atoms with E-state index in [1.54, 1.807) is 18.4 Å². The van der Waals surface area contributed by atoms with Crippen molar-refractivity contribution in [2.45, 2.75) is 32.3 Å². The van der Waals surface area contributed by atoms with Gasteiger partial charge in [-0.25, -0.2) is 9.50 Å². The van der Waals surface area contributed by atoms with E-state index in [9.17, 15) is 5.11 Å². The van der Waals surface area contributed by atoms with E-state index in [4.69, 9.17) is 15.6 Å². The SMILES string of the molecule is COc1cc(C)c(C)cc1-c1cnc2sc(N3CCC(O)(CN)CC3)nn12. The zero-order valence-corrected chi connectivity index (χ0v) is 16.7. The van der Waals surface area contributed by atoms with Crippen molar-refractivity contribution in [3.63, 3.8) is 0 Å². The molecule has 1 aromatic carbocycles. The van der Waals surface area contributed by atoms with E-state index in [1.165, 1.54) is 11.1 Å². The minimum absolute atomic E-state index is 0.304. The smallest absolute Gasteiger partial charge is 0.214 e. The third kappa shape index (κ3) is 3.18. The second-order valence-electron chi connectivity index (χ2n) is 7.27. The van der Waals surface area contributed by atoms with E-state index < -0.39 is 5.60 Å². The third-order valence-corrected chi connectivity index (χ3v) is 6.49. The van der Waals surface area contributed by atoms with Gasteiger partial charge in [0.25, 0.3) is 0 Å². The van der Waals surface area contributed by atoms with Crippen LogP contribution in [0.2, 0.25) is 0 Å². The zero-order valence-electron chi connectivity index (χ0n) is 15.9. The van der Waals surface area contributed by atoms with Gasteiger partial charge in [0.1, 0.15) is 5.75 Å². The highest BCUT2D eigenvalue weighted by Gasteiger charge is 2.32. The lowest BCUT2D eigenvalue weighted by Gasteiger charge is -2.37. The van der Waals surface area contributed by atoms with Crippen LogP contribution < -0.4 is 15.4 Å². The van der Waals surface area contributed by atoms with Gasteiger partial charge in [-0.1, -0.05) is 11.3 Å². The van der Waals surface area contributed by atoms with Crippen LogP contribution in [-0.2, 0) is 0 Å². The van der Waals surface area contributed by atoms with Crippen LogP contribution in [0.3, 0.4) is 0 Å². The van der Waals surface area contributed by atoms with Gasteiger partial charge in [0.15, 0.2) is 0 Å². The molecule has 144 valence electrons. The van der Waals surface area contributed by atoms with Crippen molar-refractivity contribution in [2.75, 3.05) is 31.6 Å². The predicted molar refractivity (Wildman–Crippen MR) is 108 cm³/mol. The molecule has 1 aliphatic rings.